The van der Waals surface area contributed by atoms with Crippen LogP contribution < -0.4 is 15.4 Å². The van der Waals surface area contributed by atoms with Crippen molar-refractivity contribution in [1.82, 2.24) is 15.8 Å². The lowest BCUT2D eigenvalue weighted by atomic mass is 10.1. The standard InChI is InChI=1S/C19H28N4O2/c1-6-20-18(22-13-16-9-10-24-23-16)21-12-15-8-7-14(2)11-17(15)25-19(3,4)5/h7-11H,6,12-13H2,1-5H3,(H2,20,21,22). The van der Waals surface area contributed by atoms with Gasteiger partial charge in [0.25, 0.3) is 0 Å². The Morgan fingerprint density at radius 1 is 1.24 bits per heavy atom. The third kappa shape index (κ3) is 6.49. The summed E-state index contributed by atoms with van der Waals surface area (Å²) in [5.74, 6) is 1.61. The molecule has 2 rings (SSSR count). The van der Waals surface area contributed by atoms with E-state index in [1.165, 1.54) is 5.56 Å². The van der Waals surface area contributed by atoms with Crippen molar-refractivity contribution in [2.45, 2.75) is 53.3 Å². The lowest BCUT2D eigenvalue weighted by Gasteiger charge is -2.23. The third-order valence-corrected chi connectivity index (χ3v) is 3.32. The van der Waals surface area contributed by atoms with Gasteiger partial charge in [-0.3, -0.25) is 0 Å². The summed E-state index contributed by atoms with van der Waals surface area (Å²) in [4.78, 5) is 4.66. The van der Waals surface area contributed by atoms with Gasteiger partial charge in [0.1, 0.15) is 23.3 Å². The molecule has 2 aromatic rings. The summed E-state index contributed by atoms with van der Waals surface area (Å²) in [5, 5.41) is 10.4. The molecule has 0 saturated carbocycles. The molecule has 0 amide bonds. The van der Waals surface area contributed by atoms with Crippen LogP contribution in [0, 0.1) is 6.92 Å². The fraction of sp³-hybridized carbons (Fsp3) is 0.474. The number of nitrogens with one attached hydrogen (secondary N) is 2. The lowest BCUT2D eigenvalue weighted by molar-refractivity contribution is 0.129. The van der Waals surface area contributed by atoms with Gasteiger partial charge >= 0.3 is 0 Å². The molecule has 0 atom stereocenters. The van der Waals surface area contributed by atoms with Crippen LogP contribution in [0.1, 0.15) is 44.5 Å². The summed E-state index contributed by atoms with van der Waals surface area (Å²) in [6, 6.07) is 8.04. The van der Waals surface area contributed by atoms with E-state index in [0.29, 0.717) is 13.1 Å². The van der Waals surface area contributed by atoms with Crippen molar-refractivity contribution in [3.8, 4) is 5.75 Å². The first-order valence-electron chi connectivity index (χ1n) is 8.57. The zero-order valence-electron chi connectivity index (χ0n) is 15.7. The van der Waals surface area contributed by atoms with Crippen LogP contribution in [0.4, 0.5) is 0 Å². The average Bonchev–Trinajstić information content (AvgIpc) is 3.03. The van der Waals surface area contributed by atoms with Gasteiger partial charge in [0.2, 0.25) is 0 Å². The molecule has 25 heavy (non-hydrogen) atoms. The monoisotopic (exact) mass is 344 g/mol. The second-order valence-electron chi connectivity index (χ2n) is 6.87. The Bertz CT molecular complexity index is 688. The Morgan fingerprint density at radius 3 is 2.68 bits per heavy atom. The molecule has 1 heterocycles. The van der Waals surface area contributed by atoms with Crippen LogP contribution in [0.5, 0.6) is 5.75 Å². The van der Waals surface area contributed by atoms with Crippen LogP contribution in [0.3, 0.4) is 0 Å². The maximum Gasteiger partial charge on any atom is 0.191 e. The first-order valence-corrected chi connectivity index (χ1v) is 8.57. The van der Waals surface area contributed by atoms with E-state index in [1.807, 2.05) is 33.8 Å². The first-order chi connectivity index (χ1) is 11.9. The van der Waals surface area contributed by atoms with Gasteiger partial charge in [-0.15, -0.1) is 0 Å². The fourth-order valence-corrected chi connectivity index (χ4v) is 2.23. The molecule has 0 spiro atoms. The molecule has 1 aromatic heterocycles. The van der Waals surface area contributed by atoms with Crippen molar-refractivity contribution in [3.63, 3.8) is 0 Å². The summed E-state index contributed by atoms with van der Waals surface area (Å²) in [7, 11) is 0. The maximum atomic E-state index is 6.09. The zero-order chi connectivity index (χ0) is 18.3. The second-order valence-corrected chi connectivity index (χ2v) is 6.87. The summed E-state index contributed by atoms with van der Waals surface area (Å²) in [6.45, 7) is 12.1. The Hall–Kier alpha value is -2.50. The van der Waals surface area contributed by atoms with Crippen molar-refractivity contribution in [1.29, 1.82) is 0 Å². The van der Waals surface area contributed by atoms with E-state index < -0.39 is 0 Å². The van der Waals surface area contributed by atoms with Crippen molar-refractivity contribution >= 4 is 5.96 Å². The molecule has 0 radical (unpaired) electrons. The summed E-state index contributed by atoms with van der Waals surface area (Å²) in [5.41, 5.74) is 2.81. The van der Waals surface area contributed by atoms with Crippen LogP contribution >= 0.6 is 0 Å². The quantitative estimate of drug-likeness (QED) is 0.621. The minimum absolute atomic E-state index is 0.248. The molecule has 6 heteroatoms. The predicted octanol–water partition coefficient (Wildman–Crippen LogP) is 3.42. The Kier molecular flexibility index (Phi) is 6.44. The molecular formula is C19H28N4O2. The molecule has 0 bridgehead atoms. The number of hydrogen-bond acceptors (Lipinski definition) is 4. The van der Waals surface area contributed by atoms with Crippen LogP contribution in [-0.2, 0) is 13.1 Å². The molecule has 0 aliphatic heterocycles. The van der Waals surface area contributed by atoms with Crippen LogP contribution in [0.15, 0.2) is 40.0 Å². The van der Waals surface area contributed by atoms with Gasteiger partial charge in [0.15, 0.2) is 5.96 Å². The topological polar surface area (TPSA) is 71.7 Å². The van der Waals surface area contributed by atoms with E-state index in [0.717, 1.165) is 29.5 Å². The number of aromatic nitrogens is 1. The number of guanidine groups is 1. The van der Waals surface area contributed by atoms with Gasteiger partial charge in [-0.2, -0.15) is 0 Å². The van der Waals surface area contributed by atoms with Gasteiger partial charge in [0, 0.05) is 18.2 Å². The molecule has 0 saturated heterocycles. The van der Waals surface area contributed by atoms with E-state index in [4.69, 9.17) is 9.26 Å². The number of aliphatic imine (C=N–C) groups is 1. The number of rotatable bonds is 6. The van der Waals surface area contributed by atoms with Crippen LogP contribution in [0.25, 0.3) is 0 Å². The van der Waals surface area contributed by atoms with Gasteiger partial charge < -0.3 is 19.9 Å². The molecule has 0 fully saturated rings. The third-order valence-electron chi connectivity index (χ3n) is 3.32. The SMILES string of the molecule is CCNC(=NCc1ccc(C)cc1OC(C)(C)C)NCc1ccon1. The highest BCUT2D eigenvalue weighted by molar-refractivity contribution is 5.79. The van der Waals surface area contributed by atoms with E-state index >= 15 is 0 Å². The highest BCUT2D eigenvalue weighted by Gasteiger charge is 2.15. The van der Waals surface area contributed by atoms with E-state index in [2.05, 4.69) is 45.9 Å². The van der Waals surface area contributed by atoms with Crippen LogP contribution in [-0.4, -0.2) is 23.3 Å². The van der Waals surface area contributed by atoms with Gasteiger partial charge in [-0.05, 0) is 46.2 Å². The van der Waals surface area contributed by atoms with E-state index in [1.54, 1.807) is 6.26 Å². The molecule has 0 aliphatic rings. The molecule has 136 valence electrons. The second kappa shape index (κ2) is 8.55. The van der Waals surface area contributed by atoms with Crippen molar-refractivity contribution in [2.24, 2.45) is 4.99 Å². The fourth-order valence-electron chi connectivity index (χ4n) is 2.23. The highest BCUT2D eigenvalue weighted by Crippen LogP contribution is 2.25. The number of aryl methyl sites for hydroxylation is 1. The number of nitrogens with zero attached hydrogens (tertiary/aromatic N) is 2. The molecule has 0 unspecified atom stereocenters. The van der Waals surface area contributed by atoms with Crippen LogP contribution in [0.2, 0.25) is 0 Å². The molecular weight excluding hydrogens is 316 g/mol. The van der Waals surface area contributed by atoms with Gasteiger partial charge in [0.05, 0.1) is 13.1 Å². The normalized spacial score (nSPS) is 12.1. The molecule has 0 aliphatic carbocycles. The van der Waals surface area contributed by atoms with Crippen molar-refractivity contribution < 1.29 is 9.26 Å². The Labute approximate surface area is 149 Å². The zero-order valence-corrected chi connectivity index (χ0v) is 15.7. The predicted molar refractivity (Wildman–Crippen MR) is 99.7 cm³/mol. The van der Waals surface area contributed by atoms with E-state index in [-0.39, 0.29) is 5.60 Å². The summed E-state index contributed by atoms with van der Waals surface area (Å²) >= 11 is 0. The largest absolute Gasteiger partial charge is 0.488 e. The Balaban J connectivity index is 2.10. The number of hydrogen-bond donors (Lipinski definition) is 2. The smallest absolute Gasteiger partial charge is 0.191 e. The lowest BCUT2D eigenvalue weighted by Crippen LogP contribution is -2.36. The first kappa shape index (κ1) is 18.8. The Morgan fingerprint density at radius 2 is 2.04 bits per heavy atom. The summed E-state index contributed by atoms with van der Waals surface area (Å²) < 4.78 is 10.9. The molecule has 6 nitrogen and oxygen atoms in total. The number of benzene rings is 1. The van der Waals surface area contributed by atoms with Crippen molar-refractivity contribution in [2.75, 3.05) is 6.54 Å². The minimum atomic E-state index is -0.248. The molecule has 1 aromatic carbocycles. The number of ether oxygens (including phenoxy) is 1. The minimum Gasteiger partial charge on any atom is -0.488 e. The van der Waals surface area contributed by atoms with Crippen molar-refractivity contribution in [3.05, 3.63) is 47.3 Å². The van der Waals surface area contributed by atoms with Gasteiger partial charge in [-0.25, -0.2) is 4.99 Å². The molecule has 2 N–H and O–H groups in total. The van der Waals surface area contributed by atoms with E-state index in [9.17, 15) is 0 Å². The average molecular weight is 344 g/mol. The van der Waals surface area contributed by atoms with Gasteiger partial charge in [-0.1, -0.05) is 17.3 Å². The summed E-state index contributed by atoms with van der Waals surface area (Å²) in [6.07, 6.45) is 1.56. The maximum absolute atomic E-state index is 6.09. The highest BCUT2D eigenvalue weighted by atomic mass is 16.5.